The molecule has 0 aliphatic carbocycles. The number of methoxy groups -OCH3 is 1. The van der Waals surface area contributed by atoms with Gasteiger partial charge >= 0.3 is 0 Å². The lowest BCUT2D eigenvalue weighted by atomic mass is 10.3. The highest BCUT2D eigenvalue weighted by atomic mass is 19.1. The largest absolute Gasteiger partial charge is 0.497 e. The SMILES string of the molecule is COc1cc(N)cc(Oc2cccc(F)c2)c1. The lowest BCUT2D eigenvalue weighted by molar-refractivity contribution is 0.409. The molecule has 0 amide bonds. The summed E-state index contributed by atoms with van der Waals surface area (Å²) in [6.45, 7) is 0. The summed E-state index contributed by atoms with van der Waals surface area (Å²) in [6.07, 6.45) is 0. The predicted molar refractivity (Wildman–Crippen MR) is 63.9 cm³/mol. The van der Waals surface area contributed by atoms with E-state index in [0.29, 0.717) is 22.9 Å². The molecule has 2 aromatic rings. The van der Waals surface area contributed by atoms with Gasteiger partial charge in [-0.1, -0.05) is 6.07 Å². The first-order chi connectivity index (χ1) is 8.17. The van der Waals surface area contributed by atoms with Crippen molar-refractivity contribution in [3.8, 4) is 17.2 Å². The van der Waals surface area contributed by atoms with E-state index < -0.39 is 0 Å². The Morgan fingerprint density at radius 3 is 2.47 bits per heavy atom. The molecule has 0 atom stereocenters. The monoisotopic (exact) mass is 233 g/mol. The van der Waals surface area contributed by atoms with E-state index in [0.717, 1.165) is 0 Å². The Labute approximate surface area is 98.6 Å². The van der Waals surface area contributed by atoms with Gasteiger partial charge in [0, 0.05) is 30.0 Å². The van der Waals surface area contributed by atoms with Gasteiger partial charge in [0.05, 0.1) is 7.11 Å². The minimum absolute atomic E-state index is 0.349. The summed E-state index contributed by atoms with van der Waals surface area (Å²) in [7, 11) is 1.54. The molecule has 0 aliphatic rings. The Hall–Kier alpha value is -2.23. The van der Waals surface area contributed by atoms with Crippen LogP contribution in [0.3, 0.4) is 0 Å². The van der Waals surface area contributed by atoms with Gasteiger partial charge in [-0.25, -0.2) is 4.39 Å². The van der Waals surface area contributed by atoms with E-state index >= 15 is 0 Å². The Balaban J connectivity index is 2.26. The first-order valence-electron chi connectivity index (χ1n) is 5.05. The molecule has 4 heteroatoms. The zero-order chi connectivity index (χ0) is 12.3. The topological polar surface area (TPSA) is 44.5 Å². The minimum atomic E-state index is -0.349. The molecule has 2 rings (SSSR count). The van der Waals surface area contributed by atoms with Crippen LogP contribution in [-0.2, 0) is 0 Å². The third-order valence-corrected chi connectivity index (χ3v) is 2.17. The molecule has 2 aromatic carbocycles. The molecule has 17 heavy (non-hydrogen) atoms. The summed E-state index contributed by atoms with van der Waals surface area (Å²) in [4.78, 5) is 0. The van der Waals surface area contributed by atoms with Crippen LogP contribution in [0.15, 0.2) is 42.5 Å². The molecule has 0 bridgehead atoms. The van der Waals surface area contributed by atoms with E-state index in [4.69, 9.17) is 15.2 Å². The van der Waals surface area contributed by atoms with Gasteiger partial charge in [-0.15, -0.1) is 0 Å². The van der Waals surface area contributed by atoms with Gasteiger partial charge in [0.2, 0.25) is 0 Å². The van der Waals surface area contributed by atoms with Crippen molar-refractivity contribution in [3.63, 3.8) is 0 Å². The number of benzene rings is 2. The first kappa shape index (κ1) is 11.3. The number of nitrogen functional groups attached to an aromatic ring is 1. The van der Waals surface area contributed by atoms with Crippen molar-refractivity contribution in [2.75, 3.05) is 12.8 Å². The van der Waals surface area contributed by atoms with Gasteiger partial charge < -0.3 is 15.2 Å². The van der Waals surface area contributed by atoms with Gasteiger partial charge in [-0.2, -0.15) is 0 Å². The van der Waals surface area contributed by atoms with Crippen molar-refractivity contribution < 1.29 is 13.9 Å². The third kappa shape index (κ3) is 2.87. The van der Waals surface area contributed by atoms with E-state index in [1.165, 1.54) is 12.1 Å². The highest BCUT2D eigenvalue weighted by molar-refractivity contribution is 5.51. The Kier molecular flexibility index (Phi) is 3.14. The highest BCUT2D eigenvalue weighted by Crippen LogP contribution is 2.28. The van der Waals surface area contributed by atoms with Crippen LogP contribution in [0.5, 0.6) is 17.2 Å². The zero-order valence-electron chi connectivity index (χ0n) is 9.31. The van der Waals surface area contributed by atoms with Crippen LogP contribution >= 0.6 is 0 Å². The van der Waals surface area contributed by atoms with E-state index in [-0.39, 0.29) is 5.82 Å². The van der Waals surface area contributed by atoms with Crippen LogP contribution in [0.2, 0.25) is 0 Å². The number of hydrogen-bond donors (Lipinski definition) is 1. The highest BCUT2D eigenvalue weighted by Gasteiger charge is 2.02. The maximum Gasteiger partial charge on any atom is 0.133 e. The molecule has 0 aromatic heterocycles. The van der Waals surface area contributed by atoms with E-state index in [2.05, 4.69) is 0 Å². The van der Waals surface area contributed by atoms with Crippen molar-refractivity contribution in [3.05, 3.63) is 48.3 Å². The van der Waals surface area contributed by atoms with Crippen molar-refractivity contribution in [2.45, 2.75) is 0 Å². The fourth-order valence-electron chi connectivity index (χ4n) is 1.44. The number of ether oxygens (including phenoxy) is 2. The van der Waals surface area contributed by atoms with Crippen molar-refractivity contribution in [1.29, 1.82) is 0 Å². The second-order valence-corrected chi connectivity index (χ2v) is 3.50. The van der Waals surface area contributed by atoms with Crippen LogP contribution in [0.25, 0.3) is 0 Å². The van der Waals surface area contributed by atoms with Crippen LogP contribution in [0.1, 0.15) is 0 Å². The normalized spacial score (nSPS) is 10.0. The number of halogens is 1. The van der Waals surface area contributed by atoms with Crippen molar-refractivity contribution in [2.24, 2.45) is 0 Å². The standard InChI is InChI=1S/C13H12FNO2/c1-16-12-6-10(15)7-13(8-12)17-11-4-2-3-9(14)5-11/h2-8H,15H2,1H3. The number of anilines is 1. The molecule has 3 nitrogen and oxygen atoms in total. The molecule has 0 saturated carbocycles. The summed E-state index contributed by atoms with van der Waals surface area (Å²) in [5.41, 5.74) is 6.21. The van der Waals surface area contributed by atoms with Gasteiger partial charge in [-0.3, -0.25) is 0 Å². The molecule has 0 radical (unpaired) electrons. The third-order valence-electron chi connectivity index (χ3n) is 2.17. The average molecular weight is 233 g/mol. The van der Waals surface area contributed by atoms with Crippen LogP contribution in [0, 0.1) is 5.82 Å². The molecule has 88 valence electrons. The quantitative estimate of drug-likeness (QED) is 0.828. The van der Waals surface area contributed by atoms with Gasteiger partial charge in [0.1, 0.15) is 23.1 Å². The van der Waals surface area contributed by atoms with Crippen LogP contribution in [0.4, 0.5) is 10.1 Å². The summed E-state index contributed by atoms with van der Waals surface area (Å²) in [5, 5.41) is 0. The maximum absolute atomic E-state index is 13.0. The maximum atomic E-state index is 13.0. The summed E-state index contributed by atoms with van der Waals surface area (Å²) in [6, 6.07) is 10.9. The zero-order valence-corrected chi connectivity index (χ0v) is 9.31. The molecule has 0 unspecified atom stereocenters. The van der Waals surface area contributed by atoms with Crippen molar-refractivity contribution in [1.82, 2.24) is 0 Å². The lowest BCUT2D eigenvalue weighted by Crippen LogP contribution is -1.91. The minimum Gasteiger partial charge on any atom is -0.497 e. The molecule has 0 spiro atoms. The van der Waals surface area contributed by atoms with E-state index in [1.54, 1.807) is 37.4 Å². The molecule has 2 N–H and O–H groups in total. The molecule has 0 heterocycles. The van der Waals surface area contributed by atoms with Gasteiger partial charge in [0.25, 0.3) is 0 Å². The second-order valence-electron chi connectivity index (χ2n) is 3.50. The van der Waals surface area contributed by atoms with Gasteiger partial charge in [0.15, 0.2) is 0 Å². The van der Waals surface area contributed by atoms with E-state index in [1.807, 2.05) is 0 Å². The number of hydrogen-bond acceptors (Lipinski definition) is 3. The predicted octanol–water partition coefficient (Wildman–Crippen LogP) is 3.21. The number of nitrogens with two attached hydrogens (primary N) is 1. The van der Waals surface area contributed by atoms with E-state index in [9.17, 15) is 4.39 Å². The molecule has 0 saturated heterocycles. The molecular formula is C13H12FNO2. The average Bonchev–Trinajstić information content (AvgIpc) is 2.28. The molecular weight excluding hydrogens is 221 g/mol. The summed E-state index contributed by atoms with van der Waals surface area (Å²) < 4.78 is 23.5. The lowest BCUT2D eigenvalue weighted by Gasteiger charge is -2.08. The second kappa shape index (κ2) is 4.74. The first-order valence-corrected chi connectivity index (χ1v) is 5.05. The van der Waals surface area contributed by atoms with Gasteiger partial charge in [-0.05, 0) is 12.1 Å². The Morgan fingerprint density at radius 1 is 1.00 bits per heavy atom. The fourth-order valence-corrected chi connectivity index (χ4v) is 1.44. The fraction of sp³-hybridized carbons (Fsp3) is 0.0769. The van der Waals surface area contributed by atoms with Crippen LogP contribution in [-0.4, -0.2) is 7.11 Å². The Morgan fingerprint density at radius 2 is 1.76 bits per heavy atom. The summed E-state index contributed by atoms with van der Waals surface area (Å²) in [5.74, 6) is 1.17. The molecule has 0 fully saturated rings. The number of rotatable bonds is 3. The van der Waals surface area contributed by atoms with Crippen LogP contribution < -0.4 is 15.2 Å². The Bertz CT molecular complexity index is 529. The smallest absolute Gasteiger partial charge is 0.133 e. The summed E-state index contributed by atoms with van der Waals surface area (Å²) >= 11 is 0. The molecule has 0 aliphatic heterocycles. The van der Waals surface area contributed by atoms with Crippen molar-refractivity contribution >= 4 is 5.69 Å².